The number of aliphatic hydroxyl groups is 2. The van der Waals surface area contributed by atoms with Gasteiger partial charge in [0.2, 0.25) is 0 Å². The molecule has 1 saturated heterocycles. The highest BCUT2D eigenvalue weighted by molar-refractivity contribution is 5.75. The van der Waals surface area contributed by atoms with E-state index in [1.54, 1.807) is 18.2 Å². The molecule has 164 valence electrons. The van der Waals surface area contributed by atoms with Gasteiger partial charge in [-0.1, -0.05) is 12.1 Å². The van der Waals surface area contributed by atoms with Crippen molar-refractivity contribution in [3.05, 3.63) is 52.6 Å². The van der Waals surface area contributed by atoms with Crippen LogP contribution < -0.4 is 17.2 Å². The second-order valence-electron chi connectivity index (χ2n) is 7.01. The lowest BCUT2D eigenvalue weighted by molar-refractivity contribution is -0.155. The molecule has 2 heterocycles. The number of aromatic hydroxyl groups is 1. The Morgan fingerprint density at radius 2 is 2.03 bits per heavy atom. The van der Waals surface area contributed by atoms with Gasteiger partial charge < -0.3 is 36.3 Å². The van der Waals surface area contributed by atoms with Gasteiger partial charge in [0.15, 0.2) is 0 Å². The fourth-order valence-corrected chi connectivity index (χ4v) is 3.19. The summed E-state index contributed by atoms with van der Waals surface area (Å²) in [7, 11) is 0. The molecule has 0 bridgehead atoms. The number of ether oxygens (including phenoxy) is 2. The van der Waals surface area contributed by atoms with E-state index in [1.807, 2.05) is 0 Å². The van der Waals surface area contributed by atoms with Crippen LogP contribution in [0.5, 0.6) is 5.75 Å². The van der Waals surface area contributed by atoms with Crippen LogP contribution in [0.25, 0.3) is 0 Å². The molecule has 12 heteroatoms. The van der Waals surface area contributed by atoms with Crippen LogP contribution in [0.15, 0.2) is 41.3 Å². The van der Waals surface area contributed by atoms with Crippen LogP contribution in [0.4, 0.5) is 5.82 Å². The van der Waals surface area contributed by atoms with E-state index < -0.39 is 48.3 Å². The minimum atomic E-state index is -2.29. The Morgan fingerprint density at radius 3 is 2.65 bits per heavy atom. The molecular weight excluding hydrogens is 410 g/mol. The van der Waals surface area contributed by atoms with E-state index >= 15 is 0 Å². The fourth-order valence-electron chi connectivity index (χ4n) is 3.19. The number of hydrogen-bond donors (Lipinski definition) is 5. The Balaban J connectivity index is 1.68. The van der Waals surface area contributed by atoms with Gasteiger partial charge in [-0.25, -0.2) is 4.79 Å². The van der Waals surface area contributed by atoms with E-state index in [1.165, 1.54) is 18.2 Å². The second-order valence-corrected chi connectivity index (χ2v) is 7.01. The van der Waals surface area contributed by atoms with Crippen LogP contribution in [0.3, 0.4) is 0 Å². The van der Waals surface area contributed by atoms with Crippen molar-refractivity contribution in [2.75, 3.05) is 12.3 Å². The molecule has 1 aliphatic heterocycles. The minimum Gasteiger partial charge on any atom is -0.508 e. The maximum atomic E-state index is 12.2. The fraction of sp³-hybridized carbons (Fsp3) is 0.368. The predicted octanol–water partition coefficient (Wildman–Crippen LogP) is -2.06. The zero-order chi connectivity index (χ0) is 22.8. The number of carbonyl (C=O) groups is 1. The van der Waals surface area contributed by atoms with Crippen LogP contribution in [0.1, 0.15) is 5.56 Å². The van der Waals surface area contributed by atoms with E-state index in [0.29, 0.717) is 10.1 Å². The van der Waals surface area contributed by atoms with E-state index in [-0.39, 0.29) is 18.0 Å². The molecule has 3 rings (SSSR count). The first kappa shape index (κ1) is 22.2. The number of benzene rings is 1. The Hall–Kier alpha value is -3.50. The standard InChI is InChI=1S/C19H21N5O7/c20-9-19(24-6-5-14(22)23-18(24)29)16(27)15(26)13(31-19)8-30-17(28)12(21)7-10-1-3-11(25)4-2-10/h1-6,12-13,15-16,25-27H,7-8,21H2,(H2,22,23,29)/t12-,13+,15?,16?,19+/m0/s1. The normalized spacial score (nSPS) is 26.2. The van der Waals surface area contributed by atoms with E-state index in [0.717, 1.165) is 6.20 Å². The number of aliphatic hydroxyl groups excluding tert-OH is 2. The van der Waals surface area contributed by atoms with Gasteiger partial charge in [-0.3, -0.25) is 9.36 Å². The van der Waals surface area contributed by atoms with Gasteiger partial charge in [-0.2, -0.15) is 10.2 Å². The third-order valence-corrected chi connectivity index (χ3v) is 4.86. The lowest BCUT2D eigenvalue weighted by Gasteiger charge is -2.26. The van der Waals surface area contributed by atoms with Crippen LogP contribution in [0.2, 0.25) is 0 Å². The smallest absolute Gasteiger partial charge is 0.352 e. The highest BCUT2D eigenvalue weighted by Crippen LogP contribution is 2.34. The first-order valence-electron chi connectivity index (χ1n) is 9.19. The van der Waals surface area contributed by atoms with Crippen molar-refractivity contribution < 1.29 is 29.6 Å². The maximum Gasteiger partial charge on any atom is 0.352 e. The number of hydrogen-bond acceptors (Lipinski definition) is 11. The minimum absolute atomic E-state index is 0.0715. The van der Waals surface area contributed by atoms with Crippen molar-refractivity contribution in [3.8, 4) is 11.8 Å². The van der Waals surface area contributed by atoms with Crippen molar-refractivity contribution in [2.24, 2.45) is 5.73 Å². The monoisotopic (exact) mass is 431 g/mol. The van der Waals surface area contributed by atoms with E-state index in [2.05, 4.69) is 4.98 Å². The van der Waals surface area contributed by atoms with Gasteiger partial charge in [0.1, 0.15) is 48.6 Å². The Morgan fingerprint density at radius 1 is 1.35 bits per heavy atom. The summed E-state index contributed by atoms with van der Waals surface area (Å²) in [5, 5.41) is 39.6. The molecule has 0 saturated carbocycles. The van der Waals surface area contributed by atoms with Crippen LogP contribution in [-0.4, -0.2) is 61.8 Å². The summed E-state index contributed by atoms with van der Waals surface area (Å²) in [5.74, 6) is -0.836. The molecule has 2 unspecified atom stereocenters. The lowest BCUT2D eigenvalue weighted by atomic mass is 10.0. The molecule has 0 aliphatic carbocycles. The summed E-state index contributed by atoms with van der Waals surface area (Å²) in [5.41, 5.74) is 8.69. The summed E-state index contributed by atoms with van der Waals surface area (Å²) in [6.07, 6.45) is -3.57. The molecule has 2 aromatic rings. The van der Waals surface area contributed by atoms with Crippen molar-refractivity contribution in [3.63, 3.8) is 0 Å². The van der Waals surface area contributed by atoms with Gasteiger partial charge in [-0.15, -0.1) is 0 Å². The lowest BCUT2D eigenvalue weighted by Crippen LogP contribution is -2.49. The van der Waals surface area contributed by atoms with Crippen molar-refractivity contribution in [1.82, 2.24) is 9.55 Å². The Kier molecular flexibility index (Phi) is 6.23. The number of nitriles is 1. The summed E-state index contributed by atoms with van der Waals surface area (Å²) >= 11 is 0. The third kappa shape index (κ3) is 4.35. The quantitative estimate of drug-likeness (QED) is 0.314. The number of nitrogen functional groups attached to an aromatic ring is 1. The third-order valence-electron chi connectivity index (χ3n) is 4.86. The zero-order valence-electron chi connectivity index (χ0n) is 16.2. The van der Waals surface area contributed by atoms with Crippen LogP contribution in [-0.2, 0) is 26.4 Å². The highest BCUT2D eigenvalue weighted by Gasteiger charge is 2.57. The topological polar surface area (TPSA) is 207 Å². The first-order valence-corrected chi connectivity index (χ1v) is 9.19. The number of anilines is 1. The maximum absolute atomic E-state index is 12.2. The molecule has 0 spiro atoms. The van der Waals surface area contributed by atoms with Crippen molar-refractivity contribution in [1.29, 1.82) is 5.26 Å². The number of phenols is 1. The number of phenolic OH excluding ortho intramolecular Hbond substituents is 1. The molecule has 7 N–H and O–H groups in total. The summed E-state index contributed by atoms with van der Waals surface area (Å²) in [4.78, 5) is 27.8. The first-order chi connectivity index (χ1) is 14.7. The summed E-state index contributed by atoms with van der Waals surface area (Å²) in [6, 6.07) is 7.95. The molecular formula is C19H21N5O7. The zero-order valence-corrected chi connectivity index (χ0v) is 16.2. The van der Waals surface area contributed by atoms with Crippen molar-refractivity contribution in [2.45, 2.75) is 36.5 Å². The number of esters is 1. The van der Waals surface area contributed by atoms with Gasteiger partial charge in [0, 0.05) is 6.20 Å². The molecule has 1 fully saturated rings. The average Bonchev–Trinajstić information content (AvgIpc) is 2.99. The second kappa shape index (κ2) is 8.70. The van der Waals surface area contributed by atoms with Crippen LogP contribution in [0, 0.1) is 11.3 Å². The highest BCUT2D eigenvalue weighted by atomic mass is 16.6. The van der Waals surface area contributed by atoms with Crippen LogP contribution >= 0.6 is 0 Å². The number of aromatic nitrogens is 2. The van der Waals surface area contributed by atoms with E-state index in [9.17, 15) is 30.2 Å². The largest absolute Gasteiger partial charge is 0.508 e. The molecule has 1 aliphatic rings. The van der Waals surface area contributed by atoms with Gasteiger partial charge >= 0.3 is 11.7 Å². The SMILES string of the molecule is N#C[C@@]1(n2ccc(N)nc2=O)O[C@H](COC(=O)[C@@H](N)Cc2ccc(O)cc2)C(O)C1O. The Labute approximate surface area is 175 Å². The predicted molar refractivity (Wildman–Crippen MR) is 104 cm³/mol. The molecule has 31 heavy (non-hydrogen) atoms. The number of carbonyl (C=O) groups excluding carboxylic acids is 1. The molecule has 0 amide bonds. The molecule has 12 nitrogen and oxygen atoms in total. The average molecular weight is 431 g/mol. The van der Waals surface area contributed by atoms with Gasteiger partial charge in [0.25, 0.3) is 5.72 Å². The molecule has 0 radical (unpaired) electrons. The number of rotatable bonds is 6. The van der Waals surface area contributed by atoms with Gasteiger partial charge in [-0.05, 0) is 30.2 Å². The number of nitrogens with two attached hydrogens (primary N) is 2. The molecule has 1 aromatic heterocycles. The molecule has 1 aromatic carbocycles. The van der Waals surface area contributed by atoms with Gasteiger partial charge in [0.05, 0.1) is 0 Å². The van der Waals surface area contributed by atoms with Crippen molar-refractivity contribution >= 4 is 11.8 Å². The summed E-state index contributed by atoms with van der Waals surface area (Å²) in [6.45, 7) is -0.527. The van der Waals surface area contributed by atoms with E-state index in [4.69, 9.17) is 20.9 Å². The number of nitrogens with zero attached hydrogens (tertiary/aromatic N) is 3. The Bertz CT molecular complexity index is 1050. The summed E-state index contributed by atoms with van der Waals surface area (Å²) < 4.78 is 11.3. The molecule has 5 atom stereocenters.